The maximum atomic E-state index is 4.83. The van der Waals surface area contributed by atoms with E-state index < -0.39 is 0 Å². The third kappa shape index (κ3) is 3.79. The summed E-state index contributed by atoms with van der Waals surface area (Å²) in [5.74, 6) is 1.09. The maximum Gasteiger partial charge on any atom is 0.139 e. The van der Waals surface area contributed by atoms with Crippen molar-refractivity contribution in [1.82, 2.24) is 9.38 Å². The van der Waals surface area contributed by atoms with Gasteiger partial charge in [-0.05, 0) is 52.5 Å². The van der Waals surface area contributed by atoms with Crippen molar-refractivity contribution >= 4 is 39.5 Å². The molecule has 0 bridgehead atoms. The van der Waals surface area contributed by atoms with Crippen LogP contribution in [0.5, 0.6) is 0 Å². The van der Waals surface area contributed by atoms with Gasteiger partial charge in [0.15, 0.2) is 0 Å². The highest BCUT2D eigenvalue weighted by Gasteiger charge is 2.17. The van der Waals surface area contributed by atoms with Crippen LogP contribution in [-0.4, -0.2) is 15.4 Å². The highest BCUT2D eigenvalue weighted by atomic mass is 79.9. The molecule has 2 heterocycles. The number of halogens is 1. The van der Waals surface area contributed by atoms with Gasteiger partial charge in [0.1, 0.15) is 17.2 Å². The molecule has 3 aromatic rings. The van der Waals surface area contributed by atoms with Crippen LogP contribution >= 0.6 is 15.9 Å². The molecule has 4 rings (SSSR count). The predicted molar refractivity (Wildman–Crippen MR) is 109 cm³/mol. The first-order chi connectivity index (χ1) is 12.3. The Kier molecular flexibility index (Phi) is 4.88. The van der Waals surface area contributed by atoms with Gasteiger partial charge in [0.05, 0.1) is 0 Å². The molecule has 0 atom stereocenters. The summed E-state index contributed by atoms with van der Waals surface area (Å²) >= 11 is 3.58. The molecule has 0 saturated heterocycles. The van der Waals surface area contributed by atoms with Crippen molar-refractivity contribution in [3.63, 3.8) is 0 Å². The summed E-state index contributed by atoms with van der Waals surface area (Å²) in [6.45, 7) is 0. The van der Waals surface area contributed by atoms with Gasteiger partial charge in [-0.3, -0.25) is 4.40 Å². The van der Waals surface area contributed by atoms with Gasteiger partial charge in [0.2, 0.25) is 0 Å². The van der Waals surface area contributed by atoms with E-state index in [1.807, 2.05) is 12.1 Å². The second kappa shape index (κ2) is 7.44. The number of benzene rings is 1. The average molecular weight is 396 g/mol. The lowest BCUT2D eigenvalue weighted by atomic mass is 9.95. The van der Waals surface area contributed by atoms with Crippen LogP contribution in [0.15, 0.2) is 53.1 Å². The van der Waals surface area contributed by atoms with Gasteiger partial charge in [-0.15, -0.1) is 0 Å². The summed E-state index contributed by atoms with van der Waals surface area (Å²) < 4.78 is 3.21. The number of nitrogens with zero attached hydrogens (tertiary/aromatic N) is 2. The quantitative estimate of drug-likeness (QED) is 0.585. The maximum absolute atomic E-state index is 4.83. The standard InChI is InChI=1S/C21H22BrN3/c22-17-12-14-20-24-19(13-11-16-7-3-1-4-8-16)21(25(20)15-17)23-18-9-5-2-6-10-18/h1,3-4,7-8,11-15,18,23H,2,5-6,9-10H2. The zero-order valence-corrected chi connectivity index (χ0v) is 15.7. The van der Waals surface area contributed by atoms with E-state index in [9.17, 15) is 0 Å². The monoisotopic (exact) mass is 395 g/mol. The summed E-state index contributed by atoms with van der Waals surface area (Å²) in [6, 6.07) is 15.0. The Labute approximate surface area is 156 Å². The van der Waals surface area contributed by atoms with Gasteiger partial charge < -0.3 is 5.32 Å². The van der Waals surface area contributed by atoms with E-state index in [-0.39, 0.29) is 0 Å². The number of fused-ring (bicyclic) bond motifs is 1. The predicted octanol–water partition coefficient (Wildman–Crippen LogP) is 6.01. The summed E-state index contributed by atoms with van der Waals surface area (Å²) in [7, 11) is 0. The Hall–Kier alpha value is -2.07. The van der Waals surface area contributed by atoms with Gasteiger partial charge in [-0.25, -0.2) is 4.98 Å². The molecule has 0 unspecified atom stereocenters. The molecule has 25 heavy (non-hydrogen) atoms. The topological polar surface area (TPSA) is 29.3 Å². The number of imidazole rings is 1. The number of anilines is 1. The number of nitrogens with one attached hydrogen (secondary N) is 1. The first-order valence-corrected chi connectivity index (χ1v) is 9.76. The van der Waals surface area contributed by atoms with Crippen molar-refractivity contribution in [1.29, 1.82) is 0 Å². The zero-order chi connectivity index (χ0) is 17.1. The molecule has 1 aromatic carbocycles. The molecular weight excluding hydrogens is 374 g/mol. The van der Waals surface area contributed by atoms with Crippen molar-refractivity contribution in [2.45, 2.75) is 38.1 Å². The molecule has 1 N–H and O–H groups in total. The zero-order valence-electron chi connectivity index (χ0n) is 14.2. The third-order valence-corrected chi connectivity index (χ3v) is 5.26. The van der Waals surface area contributed by atoms with Crippen molar-refractivity contribution in [2.24, 2.45) is 0 Å². The molecule has 4 heteroatoms. The van der Waals surface area contributed by atoms with E-state index in [0.29, 0.717) is 6.04 Å². The molecule has 2 aromatic heterocycles. The van der Waals surface area contributed by atoms with Crippen molar-refractivity contribution in [3.05, 3.63) is 64.4 Å². The smallest absolute Gasteiger partial charge is 0.139 e. The van der Waals surface area contributed by atoms with E-state index in [0.717, 1.165) is 21.6 Å². The number of rotatable bonds is 4. The van der Waals surface area contributed by atoms with Gasteiger partial charge >= 0.3 is 0 Å². The Balaban J connectivity index is 1.71. The molecule has 0 radical (unpaired) electrons. The minimum atomic E-state index is 0.538. The third-order valence-electron chi connectivity index (χ3n) is 4.79. The highest BCUT2D eigenvalue weighted by Crippen LogP contribution is 2.27. The number of pyridine rings is 1. The van der Waals surface area contributed by atoms with Crippen LogP contribution in [0.4, 0.5) is 5.82 Å². The van der Waals surface area contributed by atoms with Crippen LogP contribution in [0.3, 0.4) is 0 Å². The van der Waals surface area contributed by atoms with E-state index in [4.69, 9.17) is 4.98 Å². The lowest BCUT2D eigenvalue weighted by Crippen LogP contribution is -2.23. The van der Waals surface area contributed by atoms with Crippen LogP contribution in [0.2, 0.25) is 0 Å². The fourth-order valence-electron chi connectivity index (χ4n) is 3.48. The minimum absolute atomic E-state index is 0.538. The summed E-state index contributed by atoms with van der Waals surface area (Å²) in [6.07, 6.45) is 12.8. The summed E-state index contributed by atoms with van der Waals surface area (Å²) in [5.41, 5.74) is 3.14. The van der Waals surface area contributed by atoms with E-state index in [1.54, 1.807) is 0 Å². The van der Waals surface area contributed by atoms with Crippen LogP contribution in [0.25, 0.3) is 17.8 Å². The lowest BCUT2D eigenvalue weighted by Gasteiger charge is -2.23. The number of aromatic nitrogens is 2. The molecule has 0 aliphatic heterocycles. The van der Waals surface area contributed by atoms with Crippen molar-refractivity contribution in [3.8, 4) is 0 Å². The fraction of sp³-hybridized carbons (Fsp3) is 0.286. The molecule has 1 aliphatic rings. The highest BCUT2D eigenvalue weighted by molar-refractivity contribution is 9.10. The molecule has 0 amide bonds. The van der Waals surface area contributed by atoms with E-state index >= 15 is 0 Å². The Morgan fingerprint density at radius 1 is 1.00 bits per heavy atom. The van der Waals surface area contributed by atoms with Gasteiger partial charge in [0, 0.05) is 16.7 Å². The molecule has 1 aliphatic carbocycles. The Bertz CT molecular complexity index is 877. The van der Waals surface area contributed by atoms with Gasteiger partial charge in [0.25, 0.3) is 0 Å². The summed E-state index contributed by atoms with van der Waals surface area (Å²) in [4.78, 5) is 4.83. The normalized spacial score (nSPS) is 15.9. The molecule has 1 fully saturated rings. The molecule has 1 saturated carbocycles. The van der Waals surface area contributed by atoms with Crippen molar-refractivity contribution < 1.29 is 0 Å². The lowest BCUT2D eigenvalue weighted by molar-refractivity contribution is 0.461. The van der Waals surface area contributed by atoms with Gasteiger partial charge in [-0.1, -0.05) is 55.7 Å². The van der Waals surface area contributed by atoms with Gasteiger partial charge in [-0.2, -0.15) is 0 Å². The van der Waals surface area contributed by atoms with E-state index in [2.05, 4.69) is 74.3 Å². The second-order valence-electron chi connectivity index (χ2n) is 6.64. The average Bonchev–Trinajstić information content (AvgIpc) is 2.99. The molecule has 3 nitrogen and oxygen atoms in total. The van der Waals surface area contributed by atoms with Crippen molar-refractivity contribution in [2.75, 3.05) is 5.32 Å². The largest absolute Gasteiger partial charge is 0.367 e. The SMILES string of the molecule is Brc1ccc2nc(C=Cc3ccccc3)c(NC3CCCCC3)n2c1. The first kappa shape index (κ1) is 16.4. The number of hydrogen-bond acceptors (Lipinski definition) is 2. The van der Waals surface area contributed by atoms with Crippen LogP contribution in [0.1, 0.15) is 43.4 Å². The molecular formula is C21H22BrN3. The van der Waals surface area contributed by atoms with Crippen LogP contribution in [0, 0.1) is 0 Å². The second-order valence-corrected chi connectivity index (χ2v) is 7.56. The Morgan fingerprint density at radius 3 is 2.60 bits per heavy atom. The minimum Gasteiger partial charge on any atom is -0.367 e. The van der Waals surface area contributed by atoms with Crippen LogP contribution < -0.4 is 5.32 Å². The summed E-state index contributed by atoms with van der Waals surface area (Å²) in [5, 5.41) is 3.76. The number of hydrogen-bond donors (Lipinski definition) is 1. The van der Waals surface area contributed by atoms with E-state index in [1.165, 1.54) is 37.7 Å². The first-order valence-electron chi connectivity index (χ1n) is 8.97. The van der Waals surface area contributed by atoms with Crippen LogP contribution in [-0.2, 0) is 0 Å². The Morgan fingerprint density at radius 2 is 1.80 bits per heavy atom. The molecule has 128 valence electrons. The fourth-order valence-corrected chi connectivity index (χ4v) is 3.81. The molecule has 0 spiro atoms.